The van der Waals surface area contributed by atoms with Gasteiger partial charge in [-0.15, -0.1) is 0 Å². The smallest absolute Gasteiger partial charge is 0.256 e. The number of aryl methyl sites for hydroxylation is 1. The van der Waals surface area contributed by atoms with Crippen LogP contribution in [-0.2, 0) is 4.79 Å². The van der Waals surface area contributed by atoms with Crippen molar-refractivity contribution in [1.82, 2.24) is 15.1 Å². The third-order valence-corrected chi connectivity index (χ3v) is 5.51. The van der Waals surface area contributed by atoms with Gasteiger partial charge in [0, 0.05) is 19.1 Å². The number of nitrogens with one attached hydrogen (secondary N) is 2. The van der Waals surface area contributed by atoms with Crippen LogP contribution >= 0.6 is 0 Å². The van der Waals surface area contributed by atoms with Gasteiger partial charge >= 0.3 is 0 Å². The molecule has 9 heteroatoms. The van der Waals surface area contributed by atoms with E-state index in [2.05, 4.69) is 15.5 Å². The first-order valence-corrected chi connectivity index (χ1v) is 11.9. The Morgan fingerprint density at radius 1 is 1.09 bits per heavy atom. The normalized spacial score (nSPS) is 12.7. The van der Waals surface area contributed by atoms with E-state index < -0.39 is 23.4 Å². The fourth-order valence-electron chi connectivity index (χ4n) is 3.29. The predicted octanol–water partition coefficient (Wildman–Crippen LogP) is 4.75. The molecule has 2 N–H and O–H groups in total. The summed E-state index contributed by atoms with van der Waals surface area (Å²) in [5.74, 6) is -3.36. The second-order valence-electron chi connectivity index (χ2n) is 7.74. The van der Waals surface area contributed by atoms with Gasteiger partial charge in [-0.2, -0.15) is 0 Å². The van der Waals surface area contributed by atoms with Crippen molar-refractivity contribution in [2.45, 2.75) is 40.7 Å². The number of hydrogen-bond acceptors (Lipinski definition) is 5. The Morgan fingerprint density at radius 2 is 1.71 bits per heavy atom. The fourth-order valence-corrected chi connectivity index (χ4v) is 3.29. The van der Waals surface area contributed by atoms with Gasteiger partial charge in [-0.25, -0.2) is 13.2 Å². The van der Waals surface area contributed by atoms with E-state index in [1.165, 1.54) is 23.1 Å². The third kappa shape index (κ3) is 8.36. The lowest BCUT2D eigenvalue weighted by atomic mass is 10.0. The number of halogens is 3. The molecule has 6 nitrogen and oxygen atoms in total. The van der Waals surface area contributed by atoms with Crippen LogP contribution in [0.3, 0.4) is 0 Å². The van der Waals surface area contributed by atoms with Crippen molar-refractivity contribution in [2.24, 2.45) is 0 Å². The highest BCUT2D eigenvalue weighted by Gasteiger charge is 2.32. The maximum absolute atomic E-state index is 14.3. The average Bonchev–Trinajstić information content (AvgIpc) is 2.83. The van der Waals surface area contributed by atoms with Crippen molar-refractivity contribution >= 4 is 23.6 Å². The van der Waals surface area contributed by atoms with Crippen molar-refractivity contribution < 1.29 is 22.8 Å². The summed E-state index contributed by atoms with van der Waals surface area (Å²) in [5.41, 5.74) is 0.271. The first-order chi connectivity index (χ1) is 16.7. The Hall–Kier alpha value is -2.91. The van der Waals surface area contributed by atoms with Crippen LogP contribution in [0, 0.1) is 24.4 Å². The van der Waals surface area contributed by atoms with Crippen LogP contribution in [-0.4, -0.2) is 67.8 Å². The Balaban J connectivity index is 0.000000523. The van der Waals surface area contributed by atoms with Crippen LogP contribution < -0.4 is 10.6 Å². The molecule has 0 saturated carbocycles. The number of amides is 1. The molecule has 1 heterocycles. The maximum Gasteiger partial charge on any atom is 0.256 e. The zero-order valence-electron chi connectivity index (χ0n) is 21.4. The van der Waals surface area contributed by atoms with Crippen LogP contribution in [0.5, 0.6) is 0 Å². The van der Waals surface area contributed by atoms with E-state index in [-0.39, 0.29) is 23.0 Å². The molecule has 194 valence electrons. The minimum Gasteiger partial charge on any atom is -0.350 e. The molecule has 1 saturated heterocycles. The highest BCUT2D eigenvalue weighted by molar-refractivity contribution is 6.01. The number of hydrogen-bond donors (Lipinski definition) is 2. The molecule has 0 atom stereocenters. The molecule has 2 aromatic rings. The van der Waals surface area contributed by atoms with Gasteiger partial charge < -0.3 is 20.3 Å². The number of rotatable bonds is 8. The van der Waals surface area contributed by atoms with Crippen molar-refractivity contribution in [3.63, 3.8) is 0 Å². The lowest BCUT2D eigenvalue weighted by Crippen LogP contribution is -2.59. The molecule has 0 spiro atoms. The summed E-state index contributed by atoms with van der Waals surface area (Å²) in [4.78, 5) is 26.0. The molecule has 3 rings (SSSR count). The van der Waals surface area contributed by atoms with Crippen LogP contribution in [0.4, 0.5) is 24.5 Å². The van der Waals surface area contributed by atoms with E-state index in [9.17, 15) is 22.8 Å². The van der Waals surface area contributed by atoms with Crippen LogP contribution in [0.25, 0.3) is 0 Å². The number of likely N-dealkylation sites (tertiary alicyclic amines) is 1. The summed E-state index contributed by atoms with van der Waals surface area (Å²) < 4.78 is 42.0. The second kappa shape index (κ2) is 15.2. The second-order valence-corrected chi connectivity index (χ2v) is 7.74. The van der Waals surface area contributed by atoms with Crippen molar-refractivity contribution in [3.05, 3.63) is 58.9 Å². The highest BCUT2D eigenvalue weighted by Crippen LogP contribution is 2.30. The number of nitrogens with zero attached hydrogens (tertiary/aromatic N) is 2. The van der Waals surface area contributed by atoms with Crippen molar-refractivity contribution in [2.75, 3.05) is 45.1 Å². The molecule has 1 amide bonds. The van der Waals surface area contributed by atoms with E-state index in [0.29, 0.717) is 25.2 Å². The van der Waals surface area contributed by atoms with E-state index >= 15 is 0 Å². The predicted molar refractivity (Wildman–Crippen MR) is 135 cm³/mol. The topological polar surface area (TPSA) is 64.7 Å². The Kier molecular flexibility index (Phi) is 13.0. The SMILES string of the molecule is CC.CCN(CC)CC=O.CNC1CN(C(=O)c2ccc(F)c(F)c2Nc2ccc(C)cc2F)C1. The monoisotopic (exact) mass is 494 g/mol. The van der Waals surface area contributed by atoms with Gasteiger partial charge in [-0.3, -0.25) is 9.69 Å². The van der Waals surface area contributed by atoms with E-state index in [1.807, 2.05) is 27.7 Å². The molecular formula is C26H37F3N4O2. The molecule has 0 bridgehead atoms. The molecular weight excluding hydrogens is 457 g/mol. The Bertz CT molecular complexity index is 962. The van der Waals surface area contributed by atoms with Crippen LogP contribution in [0.15, 0.2) is 30.3 Å². The van der Waals surface area contributed by atoms with Crippen molar-refractivity contribution in [1.29, 1.82) is 0 Å². The Labute approximate surface area is 206 Å². The lowest BCUT2D eigenvalue weighted by molar-refractivity contribution is -0.108. The van der Waals surface area contributed by atoms with Gasteiger partial charge in [0.15, 0.2) is 11.6 Å². The quantitative estimate of drug-likeness (QED) is 0.519. The molecule has 2 aromatic carbocycles. The van der Waals surface area contributed by atoms with Gasteiger partial charge in [-0.1, -0.05) is 33.8 Å². The zero-order chi connectivity index (χ0) is 26.5. The number of benzene rings is 2. The Morgan fingerprint density at radius 3 is 2.20 bits per heavy atom. The number of carbonyl (C=O) groups excluding carboxylic acids is 2. The zero-order valence-corrected chi connectivity index (χ0v) is 21.4. The van der Waals surface area contributed by atoms with Gasteiger partial charge in [0.25, 0.3) is 5.91 Å². The lowest BCUT2D eigenvalue weighted by Gasteiger charge is -2.39. The van der Waals surface area contributed by atoms with Gasteiger partial charge in [0.2, 0.25) is 0 Å². The number of likely N-dealkylation sites (N-methyl/N-ethyl adjacent to an activating group) is 2. The van der Waals surface area contributed by atoms with Crippen LogP contribution in [0.2, 0.25) is 0 Å². The summed E-state index contributed by atoms with van der Waals surface area (Å²) >= 11 is 0. The molecule has 1 aliphatic rings. The largest absolute Gasteiger partial charge is 0.350 e. The summed E-state index contributed by atoms with van der Waals surface area (Å²) in [6, 6.07) is 6.62. The average molecular weight is 495 g/mol. The van der Waals surface area contributed by atoms with E-state index in [0.717, 1.165) is 25.4 Å². The first-order valence-electron chi connectivity index (χ1n) is 11.9. The molecule has 0 unspecified atom stereocenters. The van der Waals surface area contributed by atoms with Crippen molar-refractivity contribution in [3.8, 4) is 0 Å². The molecule has 0 aromatic heterocycles. The first kappa shape index (κ1) is 30.1. The summed E-state index contributed by atoms with van der Waals surface area (Å²) in [6.45, 7) is 13.3. The minimum atomic E-state index is -1.21. The maximum atomic E-state index is 14.3. The number of aldehydes is 1. The number of carbonyl (C=O) groups is 2. The summed E-state index contributed by atoms with van der Waals surface area (Å²) in [6.07, 6.45) is 0.938. The fraction of sp³-hybridized carbons (Fsp3) is 0.462. The van der Waals surface area contributed by atoms with Crippen LogP contribution in [0.1, 0.15) is 43.6 Å². The minimum absolute atomic E-state index is 0.0270. The summed E-state index contributed by atoms with van der Waals surface area (Å²) in [5, 5.41) is 5.57. The molecule has 1 fully saturated rings. The van der Waals surface area contributed by atoms with Gasteiger partial charge in [0.05, 0.1) is 23.5 Å². The molecule has 35 heavy (non-hydrogen) atoms. The van der Waals surface area contributed by atoms with E-state index in [4.69, 9.17) is 0 Å². The standard InChI is InChI=1S/C18H18F3N3O.C6H13NO.C2H6/c1-10-3-6-15(14(20)7-10)23-17-12(4-5-13(19)16(17)21)18(25)24-8-11(9-24)22-2;1-3-7(4-2)5-6-8;1-2/h3-7,11,22-23H,8-9H2,1-2H3;6H,3-5H2,1-2H3;1-2H3. The van der Waals surface area contributed by atoms with E-state index in [1.54, 1.807) is 20.0 Å². The summed E-state index contributed by atoms with van der Waals surface area (Å²) in [7, 11) is 1.79. The molecule has 1 aliphatic heterocycles. The highest BCUT2D eigenvalue weighted by atomic mass is 19.2. The van der Waals surface area contributed by atoms with Gasteiger partial charge in [-0.05, 0) is 56.9 Å². The molecule has 0 aliphatic carbocycles. The number of anilines is 2. The molecule has 0 radical (unpaired) electrons. The third-order valence-electron chi connectivity index (χ3n) is 5.51. The van der Waals surface area contributed by atoms with Gasteiger partial charge in [0.1, 0.15) is 12.1 Å².